The Morgan fingerprint density at radius 3 is 2.60 bits per heavy atom. The molecule has 0 unspecified atom stereocenters. The first-order valence-corrected chi connectivity index (χ1v) is 8.26. The zero-order valence-electron chi connectivity index (χ0n) is 12.0. The second kappa shape index (κ2) is 4.63. The van der Waals surface area contributed by atoms with Crippen LogP contribution in [0.2, 0.25) is 0 Å². The van der Waals surface area contributed by atoms with Gasteiger partial charge in [0.2, 0.25) is 5.91 Å². The van der Waals surface area contributed by atoms with E-state index in [9.17, 15) is 4.79 Å². The summed E-state index contributed by atoms with van der Waals surface area (Å²) in [6.45, 7) is 8.07. The van der Waals surface area contributed by atoms with Crippen molar-refractivity contribution in [3.05, 3.63) is 15.6 Å². The van der Waals surface area contributed by atoms with Crippen LogP contribution >= 0.6 is 22.7 Å². The topological polar surface area (TPSA) is 54.9 Å². The van der Waals surface area contributed by atoms with E-state index in [-0.39, 0.29) is 11.3 Å². The van der Waals surface area contributed by atoms with Crippen LogP contribution in [0.5, 0.6) is 0 Å². The summed E-state index contributed by atoms with van der Waals surface area (Å²) in [6, 6.07) is 0. The van der Waals surface area contributed by atoms with E-state index in [1.807, 2.05) is 11.3 Å². The summed E-state index contributed by atoms with van der Waals surface area (Å²) in [6.07, 6.45) is 1.93. The summed E-state index contributed by atoms with van der Waals surface area (Å²) in [4.78, 5) is 23.0. The van der Waals surface area contributed by atoms with Crippen molar-refractivity contribution in [3.63, 3.8) is 0 Å². The van der Waals surface area contributed by atoms with Crippen molar-refractivity contribution >= 4 is 33.7 Å². The summed E-state index contributed by atoms with van der Waals surface area (Å²) in [5, 5.41) is 4.63. The number of aryl methyl sites for hydroxylation is 2. The minimum atomic E-state index is -0.0787. The van der Waals surface area contributed by atoms with Gasteiger partial charge < -0.3 is 5.32 Å². The highest BCUT2D eigenvalue weighted by Gasteiger charge is 2.28. The molecule has 2 aromatic heterocycles. The highest BCUT2D eigenvalue weighted by Crippen LogP contribution is 2.43. The minimum Gasteiger partial charge on any atom is -0.302 e. The third kappa shape index (κ3) is 2.38. The molecule has 20 heavy (non-hydrogen) atoms. The summed E-state index contributed by atoms with van der Waals surface area (Å²) in [7, 11) is 0. The van der Waals surface area contributed by atoms with Crippen LogP contribution in [0.3, 0.4) is 0 Å². The molecule has 0 fully saturated rings. The van der Waals surface area contributed by atoms with Gasteiger partial charge in [-0.3, -0.25) is 4.79 Å². The Morgan fingerprint density at radius 2 is 1.95 bits per heavy atom. The Bertz CT molecular complexity index is 679. The first kappa shape index (κ1) is 13.7. The highest BCUT2D eigenvalue weighted by molar-refractivity contribution is 7.19. The minimum absolute atomic E-state index is 0.0767. The van der Waals surface area contributed by atoms with Gasteiger partial charge in [0, 0.05) is 17.2 Å². The summed E-state index contributed by atoms with van der Waals surface area (Å²) >= 11 is 3.34. The molecule has 0 radical (unpaired) electrons. The van der Waals surface area contributed by atoms with Crippen molar-refractivity contribution in [2.45, 2.75) is 46.0 Å². The van der Waals surface area contributed by atoms with Crippen LogP contribution in [-0.2, 0) is 23.1 Å². The summed E-state index contributed by atoms with van der Waals surface area (Å²) in [5.74, 6) is -0.0787. The second-order valence-electron chi connectivity index (χ2n) is 6.02. The van der Waals surface area contributed by atoms with E-state index in [4.69, 9.17) is 4.98 Å². The number of aromatic nitrogens is 2. The van der Waals surface area contributed by atoms with Crippen molar-refractivity contribution in [2.75, 3.05) is 5.32 Å². The molecule has 1 N–H and O–H groups in total. The van der Waals surface area contributed by atoms with E-state index in [1.54, 1.807) is 0 Å². The number of thiazole rings is 2. The number of nitrogens with zero attached hydrogens (tertiary/aromatic N) is 2. The fourth-order valence-corrected chi connectivity index (χ4v) is 4.43. The smallest absolute Gasteiger partial charge is 0.223 e. The van der Waals surface area contributed by atoms with E-state index < -0.39 is 0 Å². The van der Waals surface area contributed by atoms with Gasteiger partial charge in [-0.25, -0.2) is 9.97 Å². The van der Waals surface area contributed by atoms with E-state index in [0.29, 0.717) is 5.13 Å². The maximum atomic E-state index is 11.1. The maximum Gasteiger partial charge on any atom is 0.223 e. The molecular formula is C14H17N3OS2. The van der Waals surface area contributed by atoms with Crippen LogP contribution in [-0.4, -0.2) is 15.9 Å². The lowest BCUT2D eigenvalue weighted by Crippen LogP contribution is -2.10. The van der Waals surface area contributed by atoms with Gasteiger partial charge in [0.15, 0.2) is 5.13 Å². The molecule has 0 saturated carbocycles. The normalized spacial score (nSPS) is 13.8. The quantitative estimate of drug-likeness (QED) is 0.875. The molecule has 0 bridgehead atoms. The van der Waals surface area contributed by atoms with Crippen molar-refractivity contribution in [3.8, 4) is 10.6 Å². The number of fused-ring (bicyclic) bond motifs is 3. The van der Waals surface area contributed by atoms with Crippen molar-refractivity contribution in [1.82, 2.24) is 9.97 Å². The van der Waals surface area contributed by atoms with Crippen molar-refractivity contribution in [2.24, 2.45) is 0 Å². The van der Waals surface area contributed by atoms with Gasteiger partial charge in [-0.15, -0.1) is 11.3 Å². The van der Waals surface area contributed by atoms with Crippen molar-refractivity contribution < 1.29 is 4.79 Å². The Morgan fingerprint density at radius 1 is 1.20 bits per heavy atom. The molecule has 2 aromatic rings. The number of carbonyl (C=O) groups is 1. The van der Waals surface area contributed by atoms with Crippen LogP contribution in [0, 0.1) is 0 Å². The first-order chi connectivity index (χ1) is 9.34. The number of nitrogens with one attached hydrogen (secondary N) is 1. The highest BCUT2D eigenvalue weighted by atomic mass is 32.1. The van der Waals surface area contributed by atoms with E-state index in [1.165, 1.54) is 28.1 Å². The van der Waals surface area contributed by atoms with Gasteiger partial charge in [-0.2, -0.15) is 0 Å². The van der Waals surface area contributed by atoms with Crippen LogP contribution in [0.4, 0.5) is 5.13 Å². The van der Waals surface area contributed by atoms with Gasteiger partial charge >= 0.3 is 0 Å². The molecule has 0 spiro atoms. The molecule has 0 aromatic carbocycles. The third-order valence-electron chi connectivity index (χ3n) is 3.12. The lowest BCUT2D eigenvalue weighted by atomic mass is 9.98. The molecule has 0 saturated heterocycles. The molecule has 3 rings (SSSR count). The fourth-order valence-electron chi connectivity index (χ4n) is 2.16. The Kier molecular flexibility index (Phi) is 3.17. The molecule has 4 nitrogen and oxygen atoms in total. The fraction of sp³-hybridized carbons (Fsp3) is 0.500. The number of rotatable bonds is 1. The second-order valence-corrected chi connectivity index (χ2v) is 8.10. The summed E-state index contributed by atoms with van der Waals surface area (Å²) < 4.78 is 0. The molecule has 1 aliphatic rings. The van der Waals surface area contributed by atoms with Crippen molar-refractivity contribution in [1.29, 1.82) is 0 Å². The number of hydrogen-bond acceptors (Lipinski definition) is 5. The van der Waals surface area contributed by atoms with Gasteiger partial charge in [0.25, 0.3) is 0 Å². The largest absolute Gasteiger partial charge is 0.302 e. The molecule has 106 valence electrons. The van der Waals surface area contributed by atoms with Gasteiger partial charge in [0.05, 0.1) is 21.3 Å². The first-order valence-electron chi connectivity index (χ1n) is 6.62. The van der Waals surface area contributed by atoms with E-state index >= 15 is 0 Å². The van der Waals surface area contributed by atoms with Crippen LogP contribution in [0.1, 0.15) is 43.3 Å². The predicted octanol–water partition coefficient (Wildman–Crippen LogP) is 3.62. The number of anilines is 1. The van der Waals surface area contributed by atoms with Gasteiger partial charge in [-0.1, -0.05) is 32.1 Å². The number of hydrogen-bond donors (Lipinski definition) is 1. The van der Waals surface area contributed by atoms with E-state index in [0.717, 1.165) is 29.1 Å². The molecule has 1 aliphatic carbocycles. The molecule has 0 atom stereocenters. The average Bonchev–Trinajstić information content (AvgIpc) is 2.87. The Hall–Kier alpha value is -1.27. The Labute approximate surface area is 126 Å². The van der Waals surface area contributed by atoms with Crippen LogP contribution < -0.4 is 5.32 Å². The van der Waals surface area contributed by atoms with Gasteiger partial charge in [0.1, 0.15) is 0 Å². The number of carbonyl (C=O) groups excluding carboxylic acids is 1. The lowest BCUT2D eigenvalue weighted by molar-refractivity contribution is -0.114. The zero-order valence-corrected chi connectivity index (χ0v) is 13.7. The van der Waals surface area contributed by atoms with Gasteiger partial charge in [-0.05, 0) is 12.8 Å². The molecule has 6 heteroatoms. The monoisotopic (exact) mass is 307 g/mol. The molecule has 2 heterocycles. The molecular weight excluding hydrogens is 290 g/mol. The maximum absolute atomic E-state index is 11.1. The predicted molar refractivity (Wildman–Crippen MR) is 83.6 cm³/mol. The Balaban J connectivity index is 2.04. The third-order valence-corrected chi connectivity index (χ3v) is 5.68. The van der Waals surface area contributed by atoms with E-state index in [2.05, 4.69) is 31.1 Å². The van der Waals surface area contributed by atoms with Crippen LogP contribution in [0.15, 0.2) is 0 Å². The lowest BCUT2D eigenvalue weighted by Gasteiger charge is -2.13. The van der Waals surface area contributed by atoms with Crippen LogP contribution in [0.25, 0.3) is 10.6 Å². The average molecular weight is 307 g/mol. The summed E-state index contributed by atoms with van der Waals surface area (Å²) in [5.41, 5.74) is 2.22. The molecule has 1 amide bonds. The number of amides is 1. The standard InChI is InChI=1S/C14H17N3OS2/c1-7(18)15-13-16-8-5-6-9-10(11(8)20-13)17-12(19-9)14(2,3)4/h5-6H2,1-4H3,(H,15,16,18). The zero-order chi connectivity index (χ0) is 14.5. The SMILES string of the molecule is CC(=O)Nc1nc2c(s1)-c1nc(C(C)(C)C)sc1CC2. The molecule has 0 aliphatic heterocycles.